The van der Waals surface area contributed by atoms with Gasteiger partial charge in [0.2, 0.25) is 5.81 Å². The molecule has 1 amide bonds. The lowest BCUT2D eigenvalue weighted by Gasteiger charge is -2.24. The zero-order valence-corrected chi connectivity index (χ0v) is 12.3. The lowest BCUT2D eigenvalue weighted by atomic mass is 9.53. The van der Waals surface area contributed by atoms with E-state index in [-0.39, 0.29) is 14.1 Å². The Morgan fingerprint density at radius 2 is 1.83 bits per heavy atom. The molecule has 0 aliphatic carbocycles. The Hall–Kier alpha value is -2.50. The Morgan fingerprint density at radius 1 is 1.22 bits per heavy atom. The summed E-state index contributed by atoms with van der Waals surface area (Å²) in [5.41, 5.74) is 1.17. The topological polar surface area (TPSA) is 81.5 Å². The molecular weight excluding hydrogens is 319 g/mol. The number of para-hydroxylation sites is 1. The number of hydrogen-bond acceptors (Lipinski definition) is 6. The van der Waals surface area contributed by atoms with Crippen molar-refractivity contribution in [2.45, 2.75) is 5.69 Å². The van der Waals surface area contributed by atoms with Crippen molar-refractivity contribution in [3.8, 4) is 0 Å². The molecule has 12 heteroatoms. The van der Waals surface area contributed by atoms with Gasteiger partial charge in [-0.15, -0.1) is 10.2 Å². The molecule has 1 aliphatic heterocycles. The van der Waals surface area contributed by atoms with E-state index in [9.17, 15) is 9.18 Å². The van der Waals surface area contributed by atoms with Gasteiger partial charge in [0.05, 0.1) is 6.21 Å². The van der Waals surface area contributed by atoms with E-state index in [1.807, 2.05) is 18.2 Å². The van der Waals surface area contributed by atoms with Gasteiger partial charge in [-0.25, -0.2) is 4.39 Å². The zero-order valence-electron chi connectivity index (χ0n) is 12.3. The summed E-state index contributed by atoms with van der Waals surface area (Å²) in [6.45, 7) is -1.27. The Morgan fingerprint density at radius 3 is 2.30 bits per heavy atom. The minimum absolute atomic E-state index is 0. The van der Waals surface area contributed by atoms with Crippen molar-refractivity contribution in [3.63, 3.8) is 0 Å². The van der Waals surface area contributed by atoms with Crippen molar-refractivity contribution in [1.29, 1.82) is 0 Å². The van der Waals surface area contributed by atoms with E-state index >= 15 is 0 Å². The van der Waals surface area contributed by atoms with Gasteiger partial charge in [0.25, 0.3) is 5.69 Å². The van der Waals surface area contributed by atoms with Gasteiger partial charge in [-0.3, -0.25) is 24.2 Å². The summed E-state index contributed by atoms with van der Waals surface area (Å²) in [6.07, 6.45) is 0.902. The molecule has 1 aromatic carbocycles. The summed E-state index contributed by atoms with van der Waals surface area (Å²) < 4.78 is 14.5. The molecule has 23 heavy (non-hydrogen) atoms. The normalized spacial score (nSPS) is 17.3. The van der Waals surface area contributed by atoms with E-state index in [1.165, 1.54) is 19.0 Å². The van der Waals surface area contributed by atoms with Crippen LogP contribution in [0.5, 0.6) is 0 Å². The number of halogens is 4. The molecule has 0 saturated carbocycles. The highest BCUT2D eigenvalue weighted by molar-refractivity contribution is 6.91. The molecule has 7 nitrogen and oxygen atoms in total. The van der Waals surface area contributed by atoms with Crippen LogP contribution in [0.4, 0.5) is 29.0 Å². The maximum absolute atomic E-state index is 14.5. The molecule has 1 heterocycles. The molecular formula is C11H17BF4N6O. The molecule has 1 aliphatic rings. The third-order valence-electron chi connectivity index (χ3n) is 2.72. The van der Waals surface area contributed by atoms with E-state index in [0.717, 1.165) is 6.21 Å². The smallest absolute Gasteiger partial charge is 0.356 e. The van der Waals surface area contributed by atoms with Crippen LogP contribution in [-0.4, -0.2) is 43.6 Å². The second kappa shape index (κ2) is 9.51. The molecule has 0 spiro atoms. The third kappa shape index (κ3) is 5.32. The van der Waals surface area contributed by atoms with Gasteiger partial charge in [0, 0.05) is 19.8 Å². The molecule has 1 atom stereocenters. The predicted octanol–water partition coefficient (Wildman–Crippen LogP) is 1.97. The maximum Gasteiger partial charge on any atom is 0.426 e. The minimum atomic E-state index is -2.30. The molecule has 0 radical (unpaired) electrons. The highest BCUT2D eigenvalue weighted by Crippen LogP contribution is 2.20. The van der Waals surface area contributed by atoms with Crippen molar-refractivity contribution in [3.05, 3.63) is 30.3 Å². The summed E-state index contributed by atoms with van der Waals surface area (Å²) in [4.78, 5) is 13.3. The summed E-state index contributed by atoms with van der Waals surface area (Å²) in [5.74, 6) is -0.483. The fourth-order valence-electron chi connectivity index (χ4n) is 1.63. The molecule has 1 unspecified atom stereocenters. The molecule has 2 rings (SSSR count). The second-order valence-electron chi connectivity index (χ2n) is 4.46. The van der Waals surface area contributed by atoms with E-state index in [2.05, 4.69) is 26.2 Å². The largest absolute Gasteiger partial charge is 0.426 e. The van der Waals surface area contributed by atoms with Crippen molar-refractivity contribution >= 4 is 24.6 Å². The van der Waals surface area contributed by atoms with Crippen molar-refractivity contribution in [2.24, 2.45) is 15.4 Å². The number of hydrogen-bond donors (Lipinski definition) is 2. The monoisotopic (exact) mass is 336 g/mol. The Labute approximate surface area is 130 Å². The van der Waals surface area contributed by atoms with Gasteiger partial charge < -0.3 is 10.3 Å². The first-order chi connectivity index (χ1) is 9.53. The molecule has 0 bridgehead atoms. The highest BCUT2D eigenvalue weighted by atomic mass is 19.1. The molecule has 0 saturated heterocycles. The minimum Gasteiger partial charge on any atom is -0.356 e. The van der Waals surface area contributed by atoms with Crippen LogP contribution in [0, 0.1) is 0 Å². The number of nitrogens with one attached hydrogen (secondary N) is 2. The Balaban J connectivity index is 0. The fraction of sp³-hybridized carbons (Fsp3) is 0.273. The van der Waals surface area contributed by atoms with Crippen LogP contribution in [-0.2, 0) is 0 Å². The molecule has 128 valence electrons. The average Bonchev–Trinajstić information content (AvgIpc) is 2.87. The van der Waals surface area contributed by atoms with Crippen molar-refractivity contribution in [1.82, 2.24) is 10.2 Å². The maximum atomic E-state index is 14.5. The van der Waals surface area contributed by atoms with Gasteiger partial charge in [-0.05, 0) is 17.4 Å². The molecule has 0 aromatic heterocycles. The number of rotatable bonds is 5. The van der Waals surface area contributed by atoms with E-state index < -0.39 is 18.3 Å². The second-order valence-corrected chi connectivity index (χ2v) is 4.46. The standard InChI is InChI=1S/C11H14BFN6O.3FH/c1-19(2)10(20)12(11(13)8-14-18-16-11)17-15-9-6-4-3-5-7-9;;;/h3-8,15,17H,1-2H3;3*1H. The number of nitrogens with zero attached hydrogens (tertiary/aromatic N) is 4. The van der Waals surface area contributed by atoms with Gasteiger partial charge in [-0.2, -0.15) is 0 Å². The average molecular weight is 336 g/mol. The van der Waals surface area contributed by atoms with Gasteiger partial charge in [-0.1, -0.05) is 18.2 Å². The quantitative estimate of drug-likeness (QED) is 0.373. The van der Waals surface area contributed by atoms with Crippen LogP contribution >= 0.6 is 0 Å². The highest BCUT2D eigenvalue weighted by Gasteiger charge is 2.51. The number of carbonyl (C=O) groups excluding carboxylic acids is 1. The third-order valence-corrected chi connectivity index (χ3v) is 2.72. The number of alkyl halides is 1. The first kappa shape index (κ1) is 22.8. The van der Waals surface area contributed by atoms with Gasteiger partial charge in [0.15, 0.2) is 0 Å². The van der Waals surface area contributed by atoms with Crippen LogP contribution in [0.25, 0.3) is 0 Å². The van der Waals surface area contributed by atoms with Crippen molar-refractivity contribution in [2.75, 3.05) is 19.5 Å². The number of carbonyl (C=O) groups is 1. The zero-order chi connectivity index (χ0) is 14.6. The number of benzene rings is 1. The van der Waals surface area contributed by atoms with Crippen LogP contribution < -0.4 is 10.8 Å². The lowest BCUT2D eigenvalue weighted by molar-refractivity contribution is 0.235. The summed E-state index contributed by atoms with van der Waals surface area (Å²) in [6, 6.07) is 9.03. The van der Waals surface area contributed by atoms with Crippen molar-refractivity contribution < 1.29 is 23.3 Å². The first-order valence-electron chi connectivity index (χ1n) is 5.96. The molecule has 2 N–H and O–H groups in total. The Bertz CT molecular complexity index is 533. The molecule has 0 fully saturated rings. The fourth-order valence-corrected chi connectivity index (χ4v) is 1.63. The van der Waals surface area contributed by atoms with Gasteiger partial charge >= 0.3 is 6.85 Å². The summed E-state index contributed by atoms with van der Waals surface area (Å²) in [7, 11) is 3.07. The first-order valence-corrected chi connectivity index (χ1v) is 5.96. The number of amides is 1. The summed E-state index contributed by atoms with van der Waals surface area (Å²) >= 11 is 0. The molecule has 1 aromatic rings. The van der Waals surface area contributed by atoms with Crippen LogP contribution in [0.15, 0.2) is 45.8 Å². The summed E-state index contributed by atoms with van der Waals surface area (Å²) in [5, 5.41) is 12.6. The van der Waals surface area contributed by atoms with E-state index in [1.54, 1.807) is 12.1 Å². The van der Waals surface area contributed by atoms with Crippen LogP contribution in [0.3, 0.4) is 0 Å². The van der Waals surface area contributed by atoms with E-state index in [0.29, 0.717) is 5.69 Å². The number of anilines is 1. The number of hydrazine groups is 1. The SMILES string of the molecule is CN(C)C(=O)B(NNc1ccccc1)C1(F)C=NN=N1.F.F.F. The van der Waals surface area contributed by atoms with Gasteiger partial charge in [0.1, 0.15) is 0 Å². The van der Waals surface area contributed by atoms with E-state index in [4.69, 9.17) is 0 Å². The Kier molecular flexibility index (Phi) is 9.42. The lowest BCUT2D eigenvalue weighted by Crippen LogP contribution is -2.61. The van der Waals surface area contributed by atoms with Crippen LogP contribution in [0.1, 0.15) is 0 Å². The predicted molar refractivity (Wildman–Crippen MR) is 82.7 cm³/mol. The van der Waals surface area contributed by atoms with Crippen LogP contribution in [0.2, 0.25) is 0 Å².